The number of non-ortho nitro benzene ring substituents is 1. The van der Waals surface area contributed by atoms with Crippen molar-refractivity contribution in [3.63, 3.8) is 0 Å². The van der Waals surface area contributed by atoms with Gasteiger partial charge in [-0.15, -0.1) is 6.58 Å². The van der Waals surface area contributed by atoms with Gasteiger partial charge in [0.25, 0.3) is 5.69 Å². The zero-order valence-electron chi connectivity index (χ0n) is 34.2. The number of hydrogen-bond donors (Lipinski definition) is 2. The SMILES string of the molecule is C=CCOC12Oc3ccc(OCc4cccc(C)n4)cc3C3C(CCCCO)C(CCCCO)C=C(C(=NOCC)CC1N(C)C(=O)C=Cc1ccc([N+](=O)[O-])cc1)C32. The molecule has 0 radical (unpaired) electrons. The number of allylic oxidation sites excluding steroid dienone is 1. The Morgan fingerprint density at radius 1 is 1.10 bits per heavy atom. The molecule has 1 aliphatic heterocycles. The monoisotopic (exact) mass is 808 g/mol. The number of nitrogens with zero attached hydrogens (tertiary/aromatic N) is 4. The topological polar surface area (TPSA) is 166 Å². The second kappa shape index (κ2) is 20.1. The van der Waals surface area contributed by atoms with Gasteiger partial charge in [0.1, 0.15) is 30.8 Å². The summed E-state index contributed by atoms with van der Waals surface area (Å²) in [6.07, 6.45) is 11.9. The normalized spacial score (nSPS) is 23.8. The van der Waals surface area contributed by atoms with Crippen LogP contribution in [0.4, 0.5) is 5.69 Å². The van der Waals surface area contributed by atoms with Crippen LogP contribution in [-0.2, 0) is 21.0 Å². The molecule has 314 valence electrons. The minimum atomic E-state index is -1.40. The molecule has 1 saturated carbocycles. The van der Waals surface area contributed by atoms with Crippen molar-refractivity contribution in [2.75, 3.05) is 33.5 Å². The molecule has 0 spiro atoms. The maximum Gasteiger partial charge on any atom is 0.269 e. The molecule has 2 N–H and O–H groups in total. The summed E-state index contributed by atoms with van der Waals surface area (Å²) in [5.74, 6) is -0.935. The summed E-state index contributed by atoms with van der Waals surface area (Å²) in [5.41, 5.74) is 4.91. The molecule has 2 heterocycles. The van der Waals surface area contributed by atoms with Gasteiger partial charge in [-0.05, 0) is 111 Å². The third-order valence-electron chi connectivity index (χ3n) is 11.6. The van der Waals surface area contributed by atoms with Crippen molar-refractivity contribution in [2.24, 2.45) is 22.9 Å². The minimum Gasteiger partial charge on any atom is -0.487 e. The molecule has 2 aromatic carbocycles. The van der Waals surface area contributed by atoms with Crippen LogP contribution in [-0.4, -0.2) is 81.9 Å². The summed E-state index contributed by atoms with van der Waals surface area (Å²) in [5, 5.41) is 35.6. The molecule has 3 aromatic rings. The van der Waals surface area contributed by atoms with Gasteiger partial charge >= 0.3 is 0 Å². The van der Waals surface area contributed by atoms with Gasteiger partial charge in [-0.2, -0.15) is 0 Å². The second-order valence-electron chi connectivity index (χ2n) is 15.4. The average Bonchev–Trinajstić information content (AvgIpc) is 3.24. The van der Waals surface area contributed by atoms with E-state index in [9.17, 15) is 25.1 Å². The van der Waals surface area contributed by atoms with Crippen molar-refractivity contribution in [3.05, 3.63) is 124 Å². The molecular weight excluding hydrogens is 753 g/mol. The van der Waals surface area contributed by atoms with E-state index in [0.29, 0.717) is 42.2 Å². The second-order valence-corrected chi connectivity index (χ2v) is 15.4. The number of aliphatic hydroxyl groups excluding tert-OH is 2. The number of amides is 1. The standard InChI is InChI=1S/C46H56N4O9/c1-5-26-57-46-42(49(4)43(53)23-18-32-16-19-35(20-17-32)50(54)55)29-40(48-58-6-2)38-27-33(13-7-9-24-51)37(15-8-10-25-52)44(45(38)46)39-28-36(21-22-41(39)59-46)56-30-34-14-11-12-31(3)47-34/h5,11-12,14,16-23,27-28,33,37,42,44-45,51-52H,1,6-10,13,15,24-26,29-30H2,2-4H3. The fraction of sp³-hybridized carbons (Fsp3) is 0.457. The highest BCUT2D eigenvalue weighted by Gasteiger charge is 2.65. The number of aromatic nitrogens is 1. The predicted octanol–water partition coefficient (Wildman–Crippen LogP) is 7.70. The average molecular weight is 809 g/mol. The van der Waals surface area contributed by atoms with Gasteiger partial charge in [0, 0.05) is 62.1 Å². The van der Waals surface area contributed by atoms with E-state index in [4.69, 9.17) is 24.2 Å². The fourth-order valence-corrected chi connectivity index (χ4v) is 8.94. The molecular formula is C46H56N4O9. The lowest BCUT2D eigenvalue weighted by atomic mass is 9.55. The van der Waals surface area contributed by atoms with E-state index in [0.717, 1.165) is 48.2 Å². The van der Waals surface area contributed by atoms with E-state index in [1.165, 1.54) is 18.2 Å². The van der Waals surface area contributed by atoms with Crippen LogP contribution in [0.25, 0.3) is 6.08 Å². The molecule has 1 amide bonds. The van der Waals surface area contributed by atoms with E-state index in [1.54, 1.807) is 36.2 Å². The molecule has 0 saturated heterocycles. The lowest BCUT2D eigenvalue weighted by Gasteiger charge is -2.59. The number of likely N-dealkylation sites (N-methyl/N-ethyl adjacent to an activating group) is 1. The van der Waals surface area contributed by atoms with Crippen LogP contribution in [0.5, 0.6) is 11.5 Å². The zero-order chi connectivity index (χ0) is 41.9. The number of pyridine rings is 1. The highest BCUT2D eigenvalue weighted by Crippen LogP contribution is 2.61. The van der Waals surface area contributed by atoms with E-state index < -0.39 is 22.7 Å². The Morgan fingerprint density at radius 2 is 1.86 bits per heavy atom. The number of aryl methyl sites for hydroxylation is 1. The number of nitro groups is 1. The van der Waals surface area contributed by atoms with Gasteiger partial charge in [0.2, 0.25) is 11.7 Å². The van der Waals surface area contributed by atoms with Crippen LogP contribution in [0.2, 0.25) is 0 Å². The number of ether oxygens (including phenoxy) is 3. The number of fused-ring (bicyclic) bond motifs is 2. The Bertz CT molecular complexity index is 2030. The number of unbranched alkanes of at least 4 members (excludes halogenated alkanes) is 2. The fourth-order valence-electron chi connectivity index (χ4n) is 8.94. The van der Waals surface area contributed by atoms with Gasteiger partial charge in [0.05, 0.1) is 28.9 Å². The Morgan fingerprint density at radius 3 is 2.56 bits per heavy atom. The molecule has 3 aliphatic rings. The van der Waals surface area contributed by atoms with Crippen molar-refractivity contribution < 1.29 is 39.0 Å². The predicted molar refractivity (Wildman–Crippen MR) is 225 cm³/mol. The number of aliphatic hydroxyl groups is 2. The largest absolute Gasteiger partial charge is 0.487 e. The number of nitro benzene ring substituents is 1. The van der Waals surface area contributed by atoms with Gasteiger partial charge in [-0.3, -0.25) is 19.9 Å². The van der Waals surface area contributed by atoms with Crippen LogP contribution in [0, 0.1) is 34.8 Å². The summed E-state index contributed by atoms with van der Waals surface area (Å²) in [7, 11) is 1.72. The van der Waals surface area contributed by atoms with E-state index in [1.807, 2.05) is 44.2 Å². The molecule has 13 heteroatoms. The van der Waals surface area contributed by atoms with E-state index >= 15 is 0 Å². The van der Waals surface area contributed by atoms with Crippen molar-refractivity contribution in [3.8, 4) is 11.5 Å². The maximum absolute atomic E-state index is 14.2. The molecule has 13 nitrogen and oxygen atoms in total. The van der Waals surface area contributed by atoms with Gasteiger partial charge in [0.15, 0.2) is 0 Å². The van der Waals surface area contributed by atoms with Crippen LogP contribution in [0.3, 0.4) is 0 Å². The summed E-state index contributed by atoms with van der Waals surface area (Å²) in [4.78, 5) is 37.0. The Balaban J connectivity index is 1.49. The minimum absolute atomic E-state index is 0.0388. The lowest BCUT2D eigenvalue weighted by molar-refractivity contribution is -0.384. The van der Waals surface area contributed by atoms with E-state index in [-0.39, 0.29) is 62.2 Å². The molecule has 1 fully saturated rings. The van der Waals surface area contributed by atoms with Crippen LogP contribution in [0.1, 0.15) is 80.3 Å². The first kappa shape index (κ1) is 43.2. The third kappa shape index (κ3) is 9.75. The summed E-state index contributed by atoms with van der Waals surface area (Å²) in [6, 6.07) is 17.0. The van der Waals surface area contributed by atoms with Crippen LogP contribution >= 0.6 is 0 Å². The van der Waals surface area contributed by atoms with Gasteiger partial charge in [-0.25, -0.2) is 0 Å². The van der Waals surface area contributed by atoms with Gasteiger partial charge in [-0.1, -0.05) is 36.2 Å². The summed E-state index contributed by atoms with van der Waals surface area (Å²) >= 11 is 0. The molecule has 6 atom stereocenters. The first-order chi connectivity index (χ1) is 28.6. The number of carbonyl (C=O) groups is 1. The highest BCUT2D eigenvalue weighted by atomic mass is 16.7. The molecule has 2 aliphatic carbocycles. The van der Waals surface area contributed by atoms with Crippen molar-refractivity contribution in [1.82, 2.24) is 9.88 Å². The highest BCUT2D eigenvalue weighted by molar-refractivity contribution is 6.03. The van der Waals surface area contributed by atoms with Crippen molar-refractivity contribution in [2.45, 2.75) is 83.1 Å². The molecule has 59 heavy (non-hydrogen) atoms. The first-order valence-electron chi connectivity index (χ1n) is 20.6. The molecule has 6 unspecified atom stereocenters. The smallest absolute Gasteiger partial charge is 0.269 e. The third-order valence-corrected chi connectivity index (χ3v) is 11.6. The zero-order valence-corrected chi connectivity index (χ0v) is 34.2. The maximum atomic E-state index is 14.2. The van der Waals surface area contributed by atoms with Gasteiger partial charge < -0.3 is 34.2 Å². The van der Waals surface area contributed by atoms with E-state index in [2.05, 4.69) is 23.7 Å². The molecule has 1 aromatic heterocycles. The van der Waals surface area contributed by atoms with Crippen LogP contribution in [0.15, 0.2) is 96.2 Å². The number of oxime groups is 1. The van der Waals surface area contributed by atoms with Crippen molar-refractivity contribution >= 4 is 23.4 Å². The van der Waals surface area contributed by atoms with Crippen molar-refractivity contribution in [1.29, 1.82) is 0 Å². The number of carbonyl (C=O) groups excluding carboxylic acids is 1. The number of rotatable bonds is 20. The lowest BCUT2D eigenvalue weighted by Crippen LogP contribution is -2.69. The Labute approximate surface area is 346 Å². The summed E-state index contributed by atoms with van der Waals surface area (Å²) in [6.45, 7) is 8.76. The summed E-state index contributed by atoms with van der Waals surface area (Å²) < 4.78 is 20.5. The molecule has 6 rings (SSSR count). The van der Waals surface area contributed by atoms with Crippen LogP contribution < -0.4 is 9.47 Å². The number of hydrogen-bond acceptors (Lipinski definition) is 11. The molecule has 0 bridgehead atoms. The Hall–Kier alpha value is -5.37. The first-order valence-corrected chi connectivity index (χ1v) is 20.6. The quantitative estimate of drug-likeness (QED) is 0.0380. The Kier molecular flexibility index (Phi) is 14.7. The number of benzene rings is 2.